The number of carbonyl (C=O) groups excluding carboxylic acids is 1. The Morgan fingerprint density at radius 3 is 2.33 bits per heavy atom. The molecule has 0 radical (unpaired) electrons. The second kappa shape index (κ2) is 13.5. The minimum atomic E-state index is -0.475. The van der Waals surface area contributed by atoms with Gasteiger partial charge >= 0.3 is 6.09 Å². The van der Waals surface area contributed by atoms with E-state index < -0.39 is 5.60 Å². The summed E-state index contributed by atoms with van der Waals surface area (Å²) in [4.78, 5) is 17.8. The molecule has 0 saturated carbocycles. The monoisotopic (exact) mass is 458 g/mol. The van der Waals surface area contributed by atoms with Crippen molar-refractivity contribution in [3.63, 3.8) is 0 Å². The number of rotatable bonds is 8. The second-order valence-corrected chi connectivity index (χ2v) is 6.50. The maximum absolute atomic E-state index is 12.0. The number of ether oxygens (including phenoxy) is 2. The average Bonchev–Trinajstić information content (AvgIpc) is 2.46. The molecule has 0 fully saturated rings. The number of aliphatic imine (C=N–C) groups is 1. The van der Waals surface area contributed by atoms with Crippen molar-refractivity contribution in [2.24, 2.45) is 4.99 Å². The summed E-state index contributed by atoms with van der Waals surface area (Å²) in [6, 6.07) is 0.0731. The first kappa shape index (κ1) is 25.5. The molecule has 1 atom stereocenters. The van der Waals surface area contributed by atoms with Gasteiger partial charge in [0.2, 0.25) is 0 Å². The number of nitrogens with zero attached hydrogens (tertiary/aromatic N) is 2. The van der Waals surface area contributed by atoms with Gasteiger partial charge in [-0.3, -0.25) is 4.99 Å². The van der Waals surface area contributed by atoms with Gasteiger partial charge in [0.05, 0.1) is 0 Å². The Bertz CT molecular complexity index is 373. The number of methoxy groups -OCH3 is 1. The van der Waals surface area contributed by atoms with Crippen LogP contribution in [0.2, 0.25) is 0 Å². The van der Waals surface area contributed by atoms with Crippen LogP contribution in [0.3, 0.4) is 0 Å². The highest BCUT2D eigenvalue weighted by Gasteiger charge is 2.22. The van der Waals surface area contributed by atoms with Crippen LogP contribution in [-0.2, 0) is 9.47 Å². The van der Waals surface area contributed by atoms with Crippen molar-refractivity contribution >= 4 is 36.0 Å². The summed E-state index contributed by atoms with van der Waals surface area (Å²) in [5, 5.41) is 6.45. The molecule has 1 unspecified atom stereocenters. The molecule has 0 rings (SSSR count). The highest BCUT2D eigenvalue weighted by molar-refractivity contribution is 14.0. The first-order valence-corrected chi connectivity index (χ1v) is 8.10. The SMILES string of the molecule is CN=C(NCCCOC)NCCC(C)N(C)C(=O)OC(C)(C)C.I. The molecule has 0 aliphatic heterocycles. The fourth-order valence-corrected chi connectivity index (χ4v) is 1.75. The third-order valence-electron chi connectivity index (χ3n) is 3.24. The van der Waals surface area contributed by atoms with Crippen LogP contribution in [0.4, 0.5) is 4.79 Å². The molecule has 0 aliphatic carbocycles. The van der Waals surface area contributed by atoms with Crippen molar-refractivity contribution in [3.8, 4) is 0 Å². The molecule has 0 aliphatic rings. The zero-order valence-electron chi connectivity index (χ0n) is 16.1. The maximum Gasteiger partial charge on any atom is 0.410 e. The Morgan fingerprint density at radius 2 is 1.83 bits per heavy atom. The van der Waals surface area contributed by atoms with E-state index in [9.17, 15) is 4.79 Å². The van der Waals surface area contributed by atoms with Crippen LogP contribution in [0, 0.1) is 0 Å². The third-order valence-corrected chi connectivity index (χ3v) is 3.24. The molecule has 0 aromatic heterocycles. The molecular weight excluding hydrogens is 423 g/mol. The molecule has 24 heavy (non-hydrogen) atoms. The van der Waals surface area contributed by atoms with Crippen LogP contribution >= 0.6 is 24.0 Å². The number of hydrogen-bond acceptors (Lipinski definition) is 4. The van der Waals surface area contributed by atoms with E-state index in [0.717, 1.165) is 38.5 Å². The summed E-state index contributed by atoms with van der Waals surface area (Å²) >= 11 is 0. The van der Waals surface area contributed by atoms with Crippen molar-refractivity contribution in [2.75, 3.05) is 40.9 Å². The Hall–Kier alpha value is -0.770. The lowest BCUT2D eigenvalue weighted by molar-refractivity contribution is 0.0230. The van der Waals surface area contributed by atoms with Crippen LogP contribution in [0.1, 0.15) is 40.5 Å². The Kier molecular flexibility index (Phi) is 14.3. The molecule has 0 heterocycles. The van der Waals surface area contributed by atoms with Gasteiger partial charge < -0.3 is 25.0 Å². The zero-order chi connectivity index (χ0) is 17.9. The van der Waals surface area contributed by atoms with Gasteiger partial charge in [0.25, 0.3) is 0 Å². The van der Waals surface area contributed by atoms with Crippen LogP contribution in [0.5, 0.6) is 0 Å². The van der Waals surface area contributed by atoms with E-state index >= 15 is 0 Å². The second-order valence-electron chi connectivity index (χ2n) is 6.50. The Balaban J connectivity index is 0. The smallest absolute Gasteiger partial charge is 0.410 e. The lowest BCUT2D eigenvalue weighted by Crippen LogP contribution is -2.43. The minimum Gasteiger partial charge on any atom is -0.444 e. The molecule has 7 nitrogen and oxygen atoms in total. The summed E-state index contributed by atoms with van der Waals surface area (Å²) in [5.74, 6) is 0.758. The van der Waals surface area contributed by atoms with Crippen molar-refractivity contribution in [1.29, 1.82) is 0 Å². The molecule has 0 saturated heterocycles. The van der Waals surface area contributed by atoms with Crippen molar-refractivity contribution < 1.29 is 14.3 Å². The summed E-state index contributed by atoms with van der Waals surface area (Å²) in [5.41, 5.74) is -0.475. The molecule has 1 amide bonds. The fraction of sp³-hybridized carbons (Fsp3) is 0.875. The number of amides is 1. The summed E-state index contributed by atoms with van der Waals surface area (Å²) in [6.45, 7) is 9.85. The number of hydrogen-bond donors (Lipinski definition) is 2. The predicted octanol–water partition coefficient (Wildman–Crippen LogP) is 2.45. The third kappa shape index (κ3) is 12.6. The van der Waals surface area contributed by atoms with E-state index in [1.54, 1.807) is 26.1 Å². The molecule has 8 heteroatoms. The van der Waals surface area contributed by atoms with E-state index in [1.807, 2.05) is 27.7 Å². The first-order valence-electron chi connectivity index (χ1n) is 8.10. The zero-order valence-corrected chi connectivity index (χ0v) is 18.5. The highest BCUT2D eigenvalue weighted by atomic mass is 127. The molecule has 144 valence electrons. The Labute approximate surface area is 164 Å². The van der Waals surface area contributed by atoms with Crippen molar-refractivity contribution in [2.45, 2.75) is 52.2 Å². The molecule has 0 spiro atoms. The quantitative estimate of drug-likeness (QED) is 0.253. The van der Waals surface area contributed by atoms with Gasteiger partial charge in [-0.15, -0.1) is 24.0 Å². The number of guanidine groups is 1. The van der Waals surface area contributed by atoms with Gasteiger partial charge in [0.1, 0.15) is 5.60 Å². The van der Waals surface area contributed by atoms with E-state index in [4.69, 9.17) is 9.47 Å². The molecule has 2 N–H and O–H groups in total. The summed E-state index contributed by atoms with van der Waals surface area (Å²) in [7, 11) is 5.19. The normalized spacial score (nSPS) is 12.9. The van der Waals surface area contributed by atoms with E-state index in [2.05, 4.69) is 15.6 Å². The molecule has 0 aromatic rings. The lowest BCUT2D eigenvalue weighted by Gasteiger charge is -2.28. The van der Waals surface area contributed by atoms with Gasteiger partial charge in [0, 0.05) is 46.9 Å². The topological polar surface area (TPSA) is 75.2 Å². The van der Waals surface area contributed by atoms with E-state index in [1.165, 1.54) is 0 Å². The number of halogens is 1. The van der Waals surface area contributed by atoms with Gasteiger partial charge in [-0.1, -0.05) is 0 Å². The summed E-state index contributed by atoms with van der Waals surface area (Å²) < 4.78 is 10.4. The molecule has 0 aromatic carbocycles. The largest absolute Gasteiger partial charge is 0.444 e. The van der Waals surface area contributed by atoms with Crippen molar-refractivity contribution in [3.05, 3.63) is 0 Å². The van der Waals surface area contributed by atoms with Gasteiger partial charge in [-0.05, 0) is 40.5 Å². The molecule has 0 bridgehead atoms. The van der Waals surface area contributed by atoms with Gasteiger partial charge in [-0.25, -0.2) is 4.79 Å². The van der Waals surface area contributed by atoms with Crippen LogP contribution in [-0.4, -0.2) is 69.5 Å². The van der Waals surface area contributed by atoms with Crippen LogP contribution < -0.4 is 10.6 Å². The predicted molar refractivity (Wildman–Crippen MR) is 109 cm³/mol. The maximum atomic E-state index is 12.0. The molecular formula is C16H35IN4O3. The minimum absolute atomic E-state index is 0. The fourth-order valence-electron chi connectivity index (χ4n) is 1.75. The number of nitrogens with one attached hydrogen (secondary N) is 2. The number of carbonyl (C=O) groups is 1. The lowest BCUT2D eigenvalue weighted by atomic mass is 10.2. The van der Waals surface area contributed by atoms with Gasteiger partial charge in [0.15, 0.2) is 5.96 Å². The Morgan fingerprint density at radius 1 is 1.25 bits per heavy atom. The van der Waals surface area contributed by atoms with E-state index in [-0.39, 0.29) is 36.1 Å². The van der Waals surface area contributed by atoms with Crippen molar-refractivity contribution in [1.82, 2.24) is 15.5 Å². The first-order chi connectivity index (χ1) is 10.7. The van der Waals surface area contributed by atoms with Crippen LogP contribution in [0.15, 0.2) is 4.99 Å². The highest BCUT2D eigenvalue weighted by Crippen LogP contribution is 2.11. The van der Waals surface area contributed by atoms with Gasteiger partial charge in [-0.2, -0.15) is 0 Å². The average molecular weight is 458 g/mol. The summed E-state index contributed by atoms with van der Waals surface area (Å²) in [6.07, 6.45) is 1.43. The standard InChI is InChI=1S/C16H34N4O3.HI/c1-13(20(6)15(21)23-16(2,3)4)9-11-19-14(17-5)18-10-8-12-22-7;/h13H,8-12H2,1-7H3,(H2,17,18,19);1H. The van der Waals surface area contributed by atoms with E-state index in [0.29, 0.717) is 0 Å². The van der Waals surface area contributed by atoms with Crippen LogP contribution in [0.25, 0.3) is 0 Å².